The fourth-order valence-electron chi connectivity index (χ4n) is 1.47. The molecule has 0 atom stereocenters. The number of aromatic carboxylic acids is 1. The highest BCUT2D eigenvalue weighted by Crippen LogP contribution is 2.24. The molecule has 0 unspecified atom stereocenters. The first-order chi connectivity index (χ1) is 9.50. The number of alkyl halides is 3. The molecule has 0 heterocycles. The SMILES string of the molecule is O=C(O)c1ccc(Cl)cc1NS(=O)(=O)CCCC(F)(F)F. The number of nitrogens with one attached hydrogen (secondary N) is 1. The van der Waals surface area contributed by atoms with E-state index in [2.05, 4.69) is 0 Å². The van der Waals surface area contributed by atoms with Gasteiger partial charge in [-0.1, -0.05) is 11.6 Å². The van der Waals surface area contributed by atoms with Gasteiger partial charge in [-0.25, -0.2) is 13.2 Å². The van der Waals surface area contributed by atoms with Crippen LogP contribution in [0.1, 0.15) is 23.2 Å². The molecule has 1 aromatic carbocycles. The lowest BCUT2D eigenvalue weighted by Gasteiger charge is -2.11. The summed E-state index contributed by atoms with van der Waals surface area (Å²) in [6, 6.07) is 3.43. The fraction of sp³-hybridized carbons (Fsp3) is 0.364. The number of halogens is 4. The molecule has 0 amide bonds. The zero-order valence-corrected chi connectivity index (χ0v) is 12.0. The van der Waals surface area contributed by atoms with Gasteiger partial charge in [0, 0.05) is 11.4 Å². The van der Waals surface area contributed by atoms with E-state index in [1.54, 1.807) is 0 Å². The van der Waals surface area contributed by atoms with Crippen LogP contribution in [0.3, 0.4) is 0 Å². The molecular weight excluding hydrogens is 335 g/mol. The number of carboxylic acids is 1. The third-order valence-corrected chi connectivity index (χ3v) is 3.94. The molecule has 0 radical (unpaired) electrons. The van der Waals surface area contributed by atoms with E-state index in [1.165, 1.54) is 6.07 Å². The van der Waals surface area contributed by atoms with Crippen molar-refractivity contribution in [2.75, 3.05) is 10.5 Å². The quantitative estimate of drug-likeness (QED) is 0.829. The molecule has 10 heteroatoms. The Morgan fingerprint density at radius 3 is 2.48 bits per heavy atom. The summed E-state index contributed by atoms with van der Waals surface area (Å²) in [5, 5.41) is 9.00. The van der Waals surface area contributed by atoms with Gasteiger partial charge < -0.3 is 5.11 Å². The molecular formula is C11H11ClF3NO4S. The van der Waals surface area contributed by atoms with E-state index in [0.717, 1.165) is 12.1 Å². The largest absolute Gasteiger partial charge is 0.478 e. The predicted octanol–water partition coefficient (Wildman–Crippen LogP) is 3.12. The second kappa shape index (κ2) is 6.52. The van der Waals surface area contributed by atoms with Gasteiger partial charge in [-0.2, -0.15) is 13.2 Å². The van der Waals surface area contributed by atoms with Crippen LogP contribution in [0.5, 0.6) is 0 Å². The number of hydrogen-bond acceptors (Lipinski definition) is 3. The zero-order chi connectivity index (χ0) is 16.3. The first kappa shape index (κ1) is 17.6. The highest BCUT2D eigenvalue weighted by atomic mass is 35.5. The second-order valence-corrected chi connectivity index (χ2v) is 6.41. The predicted molar refractivity (Wildman–Crippen MR) is 71.1 cm³/mol. The number of sulfonamides is 1. The third-order valence-electron chi connectivity index (χ3n) is 2.35. The third kappa shape index (κ3) is 6.21. The number of anilines is 1. The Hall–Kier alpha value is -1.48. The van der Waals surface area contributed by atoms with Gasteiger partial charge in [0.1, 0.15) is 0 Å². The monoisotopic (exact) mass is 345 g/mol. The van der Waals surface area contributed by atoms with Crippen molar-refractivity contribution >= 4 is 33.3 Å². The Labute approximate surface area is 123 Å². The number of carboxylic acid groups (broad SMARTS) is 1. The minimum absolute atomic E-state index is 0.0907. The first-order valence-corrected chi connectivity index (χ1v) is 7.63. The lowest BCUT2D eigenvalue weighted by Crippen LogP contribution is -2.20. The van der Waals surface area contributed by atoms with Crippen LogP contribution in [0.2, 0.25) is 5.02 Å². The average Bonchev–Trinajstić information content (AvgIpc) is 2.25. The van der Waals surface area contributed by atoms with Gasteiger partial charge in [0.15, 0.2) is 0 Å². The molecule has 1 aromatic rings. The van der Waals surface area contributed by atoms with E-state index in [-0.39, 0.29) is 16.3 Å². The van der Waals surface area contributed by atoms with E-state index in [0.29, 0.717) is 0 Å². The van der Waals surface area contributed by atoms with Crippen LogP contribution in [0.15, 0.2) is 18.2 Å². The topological polar surface area (TPSA) is 83.5 Å². The molecule has 0 spiro atoms. The highest BCUT2D eigenvalue weighted by molar-refractivity contribution is 7.92. The maximum Gasteiger partial charge on any atom is 0.389 e. The minimum atomic E-state index is -4.45. The molecule has 21 heavy (non-hydrogen) atoms. The molecule has 2 N–H and O–H groups in total. The van der Waals surface area contributed by atoms with Gasteiger partial charge in [0.05, 0.1) is 17.0 Å². The Morgan fingerprint density at radius 1 is 1.33 bits per heavy atom. The molecule has 0 fully saturated rings. The van der Waals surface area contributed by atoms with Gasteiger partial charge in [-0.15, -0.1) is 0 Å². The van der Waals surface area contributed by atoms with Crippen LogP contribution in [0.25, 0.3) is 0 Å². The summed E-state index contributed by atoms with van der Waals surface area (Å²) in [5.74, 6) is -2.17. The van der Waals surface area contributed by atoms with Crippen LogP contribution in [0, 0.1) is 0 Å². The number of hydrogen-bond donors (Lipinski definition) is 2. The summed E-state index contributed by atoms with van der Waals surface area (Å²) in [7, 11) is -4.10. The summed E-state index contributed by atoms with van der Waals surface area (Å²) < 4.78 is 61.2. The molecule has 0 saturated carbocycles. The van der Waals surface area contributed by atoms with Crippen molar-refractivity contribution in [2.45, 2.75) is 19.0 Å². The summed E-state index contributed by atoms with van der Waals surface area (Å²) in [6.07, 6.45) is -6.31. The van der Waals surface area contributed by atoms with Crippen LogP contribution in [-0.4, -0.2) is 31.4 Å². The van der Waals surface area contributed by atoms with Crippen molar-refractivity contribution in [3.8, 4) is 0 Å². The van der Waals surface area contributed by atoms with Crippen LogP contribution < -0.4 is 4.72 Å². The van der Waals surface area contributed by atoms with E-state index in [1.807, 2.05) is 4.72 Å². The zero-order valence-electron chi connectivity index (χ0n) is 10.4. The van der Waals surface area contributed by atoms with Crippen molar-refractivity contribution in [3.63, 3.8) is 0 Å². The summed E-state index contributed by atoms with van der Waals surface area (Å²) in [6.45, 7) is 0. The second-order valence-electron chi connectivity index (χ2n) is 4.13. The molecule has 0 aliphatic heterocycles. The Kier molecular flexibility index (Phi) is 5.46. The number of carbonyl (C=O) groups is 1. The molecule has 0 bridgehead atoms. The smallest absolute Gasteiger partial charge is 0.389 e. The van der Waals surface area contributed by atoms with Gasteiger partial charge in [-0.3, -0.25) is 4.72 Å². The number of benzene rings is 1. The maximum atomic E-state index is 12.0. The Balaban J connectivity index is 2.84. The highest BCUT2D eigenvalue weighted by Gasteiger charge is 2.27. The standard InChI is InChI=1S/C11H11ClF3NO4S/c12-7-2-3-8(10(17)18)9(6-7)16-21(19,20)5-1-4-11(13,14)15/h2-3,6,16H,1,4-5H2,(H,17,18). The molecule has 5 nitrogen and oxygen atoms in total. The van der Waals surface area contributed by atoms with Crippen molar-refractivity contribution in [1.29, 1.82) is 0 Å². The molecule has 1 rings (SSSR count). The van der Waals surface area contributed by atoms with Gasteiger partial charge >= 0.3 is 12.1 Å². The van der Waals surface area contributed by atoms with E-state index in [9.17, 15) is 26.4 Å². The van der Waals surface area contributed by atoms with E-state index < -0.39 is 40.8 Å². The van der Waals surface area contributed by atoms with Crippen LogP contribution >= 0.6 is 11.6 Å². The molecule has 0 saturated heterocycles. The van der Waals surface area contributed by atoms with Crippen LogP contribution in [-0.2, 0) is 10.0 Å². The maximum absolute atomic E-state index is 12.0. The molecule has 0 aliphatic carbocycles. The lowest BCUT2D eigenvalue weighted by atomic mass is 10.2. The fourth-order valence-corrected chi connectivity index (χ4v) is 2.77. The Bertz CT molecular complexity index is 631. The first-order valence-electron chi connectivity index (χ1n) is 5.60. The molecule has 0 aliphatic rings. The summed E-state index contributed by atoms with van der Waals surface area (Å²) in [5.41, 5.74) is -0.638. The van der Waals surface area contributed by atoms with Crippen molar-refractivity contribution < 1.29 is 31.5 Å². The van der Waals surface area contributed by atoms with Crippen molar-refractivity contribution in [2.24, 2.45) is 0 Å². The average molecular weight is 346 g/mol. The minimum Gasteiger partial charge on any atom is -0.478 e. The van der Waals surface area contributed by atoms with E-state index in [4.69, 9.17) is 16.7 Å². The summed E-state index contributed by atoms with van der Waals surface area (Å²) in [4.78, 5) is 10.9. The van der Waals surface area contributed by atoms with Gasteiger partial charge in [0.2, 0.25) is 10.0 Å². The van der Waals surface area contributed by atoms with Crippen molar-refractivity contribution in [1.82, 2.24) is 0 Å². The van der Waals surface area contributed by atoms with Crippen LogP contribution in [0.4, 0.5) is 18.9 Å². The molecule has 118 valence electrons. The lowest BCUT2D eigenvalue weighted by molar-refractivity contribution is -0.134. The van der Waals surface area contributed by atoms with Gasteiger partial charge in [-0.05, 0) is 24.6 Å². The summed E-state index contributed by atoms with van der Waals surface area (Å²) >= 11 is 5.64. The normalized spacial score (nSPS) is 12.2. The van der Waals surface area contributed by atoms with Crippen molar-refractivity contribution in [3.05, 3.63) is 28.8 Å². The Morgan fingerprint density at radius 2 is 1.95 bits per heavy atom. The van der Waals surface area contributed by atoms with Gasteiger partial charge in [0.25, 0.3) is 0 Å². The molecule has 0 aromatic heterocycles. The number of rotatable bonds is 6. The van der Waals surface area contributed by atoms with E-state index >= 15 is 0 Å².